The van der Waals surface area contributed by atoms with Crippen molar-refractivity contribution in [2.45, 2.75) is 90.6 Å². The van der Waals surface area contributed by atoms with Crippen LogP contribution in [0.25, 0.3) is 0 Å². The first-order valence-electron chi connectivity index (χ1n) is 10.7. The number of halogens is 1. The normalized spacial score (nSPS) is 45.9. The molecule has 7 atom stereocenters. The lowest BCUT2D eigenvalue weighted by Crippen LogP contribution is -2.49. The van der Waals surface area contributed by atoms with Crippen molar-refractivity contribution < 1.29 is 9.90 Å². The van der Waals surface area contributed by atoms with Crippen LogP contribution in [-0.2, 0) is 4.79 Å². The fourth-order valence-corrected chi connectivity index (χ4v) is 7.16. The van der Waals surface area contributed by atoms with E-state index in [2.05, 4.69) is 29.8 Å². The highest BCUT2D eigenvalue weighted by atomic mass is 79.9. The lowest BCUT2D eigenvalue weighted by Gasteiger charge is -2.56. The maximum Gasteiger partial charge on any atom is 0.146 e. The molecule has 0 amide bonds. The Bertz CT molecular complexity index is 465. The van der Waals surface area contributed by atoms with Crippen LogP contribution in [0.2, 0.25) is 0 Å². The molecule has 0 saturated heterocycles. The van der Waals surface area contributed by atoms with Crippen molar-refractivity contribution in [1.82, 2.24) is 0 Å². The topological polar surface area (TPSA) is 37.3 Å². The molecule has 0 heterocycles. The molecule has 144 valence electrons. The first-order valence-corrected chi connectivity index (χ1v) is 11.8. The Morgan fingerprint density at radius 1 is 1.08 bits per heavy atom. The molecule has 0 aromatic heterocycles. The first kappa shape index (κ1) is 19.9. The van der Waals surface area contributed by atoms with E-state index in [1.54, 1.807) is 0 Å². The molecule has 0 spiro atoms. The van der Waals surface area contributed by atoms with Crippen LogP contribution in [0.5, 0.6) is 0 Å². The average molecular weight is 413 g/mol. The molecule has 3 saturated carbocycles. The standard InChI is InChI=1S/C22H37BrO2/c1-15-5-3-6-16(21(25)14-23)7-4-8-20-19(15)10-9-17-13-18(24)11-12-22(17,20)2/h15-20,24H,3-14H2,1-2H3/t15-,16-,17-,18+,19-,20-,22-/m0/s1. The molecule has 0 aliphatic heterocycles. The Kier molecular flexibility index (Phi) is 6.69. The summed E-state index contributed by atoms with van der Waals surface area (Å²) in [7, 11) is 0. The third kappa shape index (κ3) is 4.18. The highest BCUT2D eigenvalue weighted by Gasteiger charge is 2.51. The van der Waals surface area contributed by atoms with Crippen LogP contribution < -0.4 is 0 Å². The van der Waals surface area contributed by atoms with Crippen molar-refractivity contribution in [1.29, 1.82) is 0 Å². The van der Waals surface area contributed by atoms with E-state index in [9.17, 15) is 9.90 Å². The summed E-state index contributed by atoms with van der Waals surface area (Å²) in [6.07, 6.45) is 13.0. The first-order chi connectivity index (χ1) is 12.0. The third-order valence-electron chi connectivity index (χ3n) is 8.32. The molecule has 3 rings (SSSR count). The molecule has 2 nitrogen and oxygen atoms in total. The summed E-state index contributed by atoms with van der Waals surface area (Å²) in [6, 6.07) is 0. The number of hydrogen-bond acceptors (Lipinski definition) is 2. The summed E-state index contributed by atoms with van der Waals surface area (Å²) in [6.45, 7) is 5.02. The molecule has 3 heteroatoms. The van der Waals surface area contributed by atoms with E-state index >= 15 is 0 Å². The number of aliphatic hydroxyl groups excluding tert-OH is 1. The van der Waals surface area contributed by atoms with Gasteiger partial charge in [-0.3, -0.25) is 4.79 Å². The summed E-state index contributed by atoms with van der Waals surface area (Å²) >= 11 is 3.38. The predicted octanol–water partition coefficient (Wildman–Crippen LogP) is 5.75. The minimum absolute atomic E-state index is 0.0625. The zero-order chi connectivity index (χ0) is 18.0. The number of Topliss-reactive ketones (excluding diaryl/α,β-unsaturated/α-hetero) is 1. The molecule has 0 aromatic rings. The molecular weight excluding hydrogens is 376 g/mol. The summed E-state index contributed by atoms with van der Waals surface area (Å²) < 4.78 is 0. The Hall–Kier alpha value is 0.110. The molecular formula is C22H37BrO2. The van der Waals surface area contributed by atoms with Gasteiger partial charge in [-0.15, -0.1) is 0 Å². The number of carbonyl (C=O) groups excluding carboxylic acids is 1. The average Bonchev–Trinajstić information content (AvgIpc) is 2.60. The van der Waals surface area contributed by atoms with E-state index in [1.807, 2.05) is 0 Å². The van der Waals surface area contributed by atoms with Crippen molar-refractivity contribution in [2.24, 2.45) is 35.0 Å². The number of fused-ring (bicyclic) bond motifs is 3. The second kappa shape index (κ2) is 8.42. The van der Waals surface area contributed by atoms with E-state index in [-0.39, 0.29) is 12.0 Å². The molecule has 3 aliphatic rings. The molecule has 0 bridgehead atoms. The van der Waals surface area contributed by atoms with E-state index in [0.29, 0.717) is 22.4 Å². The van der Waals surface area contributed by atoms with Crippen molar-refractivity contribution >= 4 is 21.7 Å². The summed E-state index contributed by atoms with van der Waals surface area (Å²) in [4.78, 5) is 12.2. The van der Waals surface area contributed by atoms with Gasteiger partial charge in [0.2, 0.25) is 0 Å². The van der Waals surface area contributed by atoms with E-state index in [0.717, 1.165) is 43.4 Å². The number of carbonyl (C=O) groups is 1. The molecule has 0 aromatic carbocycles. The minimum atomic E-state index is -0.0625. The summed E-state index contributed by atoms with van der Waals surface area (Å²) in [5, 5.41) is 10.7. The number of alkyl halides is 1. The van der Waals surface area contributed by atoms with Gasteiger partial charge in [-0.25, -0.2) is 0 Å². The monoisotopic (exact) mass is 412 g/mol. The number of aliphatic hydroxyl groups is 1. The Morgan fingerprint density at radius 3 is 2.52 bits per heavy atom. The fraction of sp³-hybridized carbons (Fsp3) is 0.955. The Labute approximate surface area is 162 Å². The summed E-state index contributed by atoms with van der Waals surface area (Å²) in [5.41, 5.74) is 0.421. The van der Waals surface area contributed by atoms with Gasteiger partial charge in [0.1, 0.15) is 5.78 Å². The van der Waals surface area contributed by atoms with Gasteiger partial charge in [-0.2, -0.15) is 0 Å². The van der Waals surface area contributed by atoms with Gasteiger partial charge < -0.3 is 5.11 Å². The summed E-state index contributed by atoms with van der Waals surface area (Å²) in [5.74, 6) is 3.85. The van der Waals surface area contributed by atoms with Crippen LogP contribution in [0.4, 0.5) is 0 Å². The van der Waals surface area contributed by atoms with Crippen LogP contribution >= 0.6 is 15.9 Å². The van der Waals surface area contributed by atoms with Crippen LogP contribution in [-0.4, -0.2) is 22.3 Å². The highest BCUT2D eigenvalue weighted by molar-refractivity contribution is 9.09. The SMILES string of the molecule is C[C@H]1CCC[C@H](C(=O)CBr)CCC[C@H]2[C@H]1CC[C@H]1C[C@H](O)CC[C@@]12C. The maximum atomic E-state index is 12.2. The maximum absolute atomic E-state index is 12.2. The van der Waals surface area contributed by atoms with Gasteiger partial charge >= 0.3 is 0 Å². The lowest BCUT2D eigenvalue weighted by atomic mass is 9.49. The number of ketones is 1. The van der Waals surface area contributed by atoms with E-state index < -0.39 is 0 Å². The van der Waals surface area contributed by atoms with Crippen molar-refractivity contribution in [3.8, 4) is 0 Å². The fourth-order valence-electron chi connectivity index (χ4n) is 6.70. The molecule has 3 aliphatic carbocycles. The molecule has 3 fully saturated rings. The number of hydrogen-bond donors (Lipinski definition) is 1. The van der Waals surface area contributed by atoms with Crippen LogP contribution in [0.1, 0.15) is 84.5 Å². The third-order valence-corrected chi connectivity index (χ3v) is 8.87. The minimum Gasteiger partial charge on any atom is -0.393 e. The van der Waals surface area contributed by atoms with Gasteiger partial charge in [0.25, 0.3) is 0 Å². The van der Waals surface area contributed by atoms with E-state index in [1.165, 1.54) is 44.9 Å². The zero-order valence-corrected chi connectivity index (χ0v) is 17.8. The molecule has 1 N–H and O–H groups in total. The van der Waals surface area contributed by atoms with Crippen molar-refractivity contribution in [3.05, 3.63) is 0 Å². The van der Waals surface area contributed by atoms with Gasteiger partial charge in [0.15, 0.2) is 0 Å². The quantitative estimate of drug-likeness (QED) is 0.585. The largest absolute Gasteiger partial charge is 0.393 e. The molecule has 0 unspecified atom stereocenters. The number of rotatable bonds is 2. The van der Waals surface area contributed by atoms with Gasteiger partial charge in [0, 0.05) is 5.92 Å². The van der Waals surface area contributed by atoms with Crippen molar-refractivity contribution in [3.63, 3.8) is 0 Å². The van der Waals surface area contributed by atoms with E-state index in [4.69, 9.17) is 0 Å². The molecule has 25 heavy (non-hydrogen) atoms. The smallest absolute Gasteiger partial charge is 0.146 e. The lowest BCUT2D eigenvalue weighted by molar-refractivity contribution is -0.121. The highest BCUT2D eigenvalue weighted by Crippen LogP contribution is 2.58. The second-order valence-electron chi connectivity index (χ2n) is 9.61. The zero-order valence-electron chi connectivity index (χ0n) is 16.2. The van der Waals surface area contributed by atoms with Crippen LogP contribution in [0.15, 0.2) is 0 Å². The Balaban J connectivity index is 1.76. The molecule has 0 radical (unpaired) electrons. The van der Waals surface area contributed by atoms with Gasteiger partial charge in [-0.05, 0) is 80.5 Å². The second-order valence-corrected chi connectivity index (χ2v) is 10.2. The van der Waals surface area contributed by atoms with Crippen LogP contribution in [0, 0.1) is 35.0 Å². The van der Waals surface area contributed by atoms with Crippen LogP contribution in [0.3, 0.4) is 0 Å². The van der Waals surface area contributed by atoms with Gasteiger partial charge in [-0.1, -0.05) is 49.0 Å². The predicted molar refractivity (Wildman–Crippen MR) is 107 cm³/mol. The van der Waals surface area contributed by atoms with Crippen molar-refractivity contribution in [2.75, 3.05) is 5.33 Å². The Morgan fingerprint density at radius 2 is 1.80 bits per heavy atom. The van der Waals surface area contributed by atoms with Gasteiger partial charge in [0.05, 0.1) is 11.4 Å².